The van der Waals surface area contributed by atoms with Crippen LogP contribution >= 0.6 is 24.0 Å². The van der Waals surface area contributed by atoms with Crippen LogP contribution in [0.25, 0.3) is 0 Å². The molecule has 0 saturated heterocycles. The zero-order valence-electron chi connectivity index (χ0n) is 8.23. The summed E-state index contributed by atoms with van der Waals surface area (Å²) in [4.78, 5) is 5.15. The summed E-state index contributed by atoms with van der Waals surface area (Å²) in [5.41, 5.74) is 12.9. The Bertz CT molecular complexity index is 522. The van der Waals surface area contributed by atoms with Gasteiger partial charge >= 0.3 is 0 Å². The van der Waals surface area contributed by atoms with E-state index < -0.39 is 0 Å². The third kappa shape index (κ3) is 1.64. The summed E-state index contributed by atoms with van der Waals surface area (Å²) in [5.74, 6) is 0.299. The SMILES string of the molecule is N#CC1=C(N)C(=C2CC=CS2)C(N)=NC1=S. The maximum Gasteiger partial charge on any atom is 0.148 e. The van der Waals surface area contributed by atoms with Crippen molar-refractivity contribution in [3.05, 3.63) is 33.2 Å². The first-order valence-corrected chi connectivity index (χ1v) is 5.78. The van der Waals surface area contributed by atoms with Gasteiger partial charge in [0.15, 0.2) is 0 Å². The zero-order valence-corrected chi connectivity index (χ0v) is 9.86. The Hall–Kier alpha value is -1.58. The molecule has 0 saturated carbocycles. The minimum atomic E-state index is 0.165. The highest BCUT2D eigenvalue weighted by atomic mass is 32.2. The first kappa shape index (κ1) is 10.9. The Morgan fingerprint density at radius 2 is 2.25 bits per heavy atom. The summed E-state index contributed by atoms with van der Waals surface area (Å²) in [6, 6.07) is 1.96. The molecule has 2 rings (SSSR count). The van der Waals surface area contributed by atoms with Crippen LogP contribution in [0.3, 0.4) is 0 Å². The van der Waals surface area contributed by atoms with Crippen LogP contribution in [0, 0.1) is 11.3 Å². The molecule has 0 aromatic carbocycles. The summed E-state index contributed by atoms with van der Waals surface area (Å²) in [5, 5.41) is 10.9. The van der Waals surface area contributed by atoms with Gasteiger partial charge in [0.05, 0.1) is 11.3 Å². The Morgan fingerprint density at radius 3 is 2.81 bits per heavy atom. The molecule has 0 bridgehead atoms. The molecule has 0 fully saturated rings. The average Bonchev–Trinajstić information content (AvgIpc) is 2.70. The largest absolute Gasteiger partial charge is 0.397 e. The number of nitrogens with two attached hydrogens (primary N) is 2. The molecule has 2 heterocycles. The molecule has 0 aromatic heterocycles. The van der Waals surface area contributed by atoms with E-state index in [1.54, 1.807) is 11.8 Å². The number of allylic oxidation sites excluding steroid dienone is 2. The van der Waals surface area contributed by atoms with Gasteiger partial charge in [-0.2, -0.15) is 5.26 Å². The predicted octanol–water partition coefficient (Wildman–Crippen LogP) is 1.33. The van der Waals surface area contributed by atoms with Crippen molar-refractivity contribution in [1.29, 1.82) is 5.26 Å². The first-order chi connectivity index (χ1) is 7.65. The second-order valence-corrected chi connectivity index (χ2v) is 4.58. The van der Waals surface area contributed by atoms with E-state index >= 15 is 0 Å². The van der Waals surface area contributed by atoms with Crippen molar-refractivity contribution in [3.63, 3.8) is 0 Å². The highest BCUT2D eigenvalue weighted by Gasteiger charge is 2.24. The first-order valence-electron chi connectivity index (χ1n) is 4.49. The predicted molar refractivity (Wildman–Crippen MR) is 69.4 cm³/mol. The van der Waals surface area contributed by atoms with Crippen LogP contribution in [-0.2, 0) is 0 Å². The molecule has 80 valence electrons. The van der Waals surface area contributed by atoms with Gasteiger partial charge in [0.25, 0.3) is 0 Å². The van der Waals surface area contributed by atoms with Gasteiger partial charge in [-0.3, -0.25) is 0 Å². The van der Waals surface area contributed by atoms with E-state index in [0.29, 0.717) is 17.1 Å². The summed E-state index contributed by atoms with van der Waals surface area (Å²) < 4.78 is 0. The van der Waals surface area contributed by atoms with Gasteiger partial charge in [-0.1, -0.05) is 18.3 Å². The van der Waals surface area contributed by atoms with Crippen molar-refractivity contribution in [3.8, 4) is 6.07 Å². The molecule has 0 atom stereocenters. The van der Waals surface area contributed by atoms with Crippen molar-refractivity contribution in [2.24, 2.45) is 16.5 Å². The van der Waals surface area contributed by atoms with Crippen LogP contribution in [0.4, 0.5) is 0 Å². The van der Waals surface area contributed by atoms with Crippen molar-refractivity contribution in [1.82, 2.24) is 0 Å². The van der Waals surface area contributed by atoms with Crippen LogP contribution < -0.4 is 11.5 Å². The van der Waals surface area contributed by atoms with Gasteiger partial charge < -0.3 is 11.5 Å². The van der Waals surface area contributed by atoms with E-state index in [1.807, 2.05) is 17.6 Å². The molecule has 0 aliphatic carbocycles. The molecular weight excluding hydrogens is 240 g/mol. The molecule has 2 aliphatic heterocycles. The van der Waals surface area contributed by atoms with E-state index in [2.05, 4.69) is 4.99 Å². The average molecular weight is 248 g/mol. The number of rotatable bonds is 0. The summed E-state index contributed by atoms with van der Waals surface area (Å²) >= 11 is 6.48. The minimum absolute atomic E-state index is 0.165. The number of amidine groups is 1. The second-order valence-electron chi connectivity index (χ2n) is 3.19. The monoisotopic (exact) mass is 248 g/mol. The van der Waals surface area contributed by atoms with Gasteiger partial charge in [-0.05, 0) is 11.8 Å². The van der Waals surface area contributed by atoms with E-state index in [9.17, 15) is 0 Å². The lowest BCUT2D eigenvalue weighted by molar-refractivity contribution is 1.25. The van der Waals surface area contributed by atoms with Crippen molar-refractivity contribution < 1.29 is 0 Å². The van der Waals surface area contributed by atoms with E-state index in [4.69, 9.17) is 28.9 Å². The summed E-state index contributed by atoms with van der Waals surface area (Å²) in [6.45, 7) is 0. The third-order valence-corrected chi connectivity index (χ3v) is 3.51. The standard InChI is InChI=1S/C10H8N4S2/c11-4-5-8(12)7(6-2-1-3-16-6)9(13)14-10(5)15/h1,3H,2,12H2,(H2,13,14,15). The normalized spacial score (nSPS) is 24.7. The van der Waals surface area contributed by atoms with Crippen LogP contribution in [-0.4, -0.2) is 10.8 Å². The fourth-order valence-electron chi connectivity index (χ4n) is 1.49. The topological polar surface area (TPSA) is 88.2 Å². The van der Waals surface area contributed by atoms with E-state index in [0.717, 1.165) is 11.3 Å². The lowest BCUT2D eigenvalue weighted by Gasteiger charge is -2.17. The highest BCUT2D eigenvalue weighted by molar-refractivity contribution is 8.06. The molecule has 0 unspecified atom stereocenters. The smallest absolute Gasteiger partial charge is 0.148 e. The van der Waals surface area contributed by atoms with Crippen LogP contribution in [0.1, 0.15) is 6.42 Å². The van der Waals surface area contributed by atoms with Gasteiger partial charge in [0.1, 0.15) is 22.5 Å². The number of hydrogen-bond donors (Lipinski definition) is 2. The van der Waals surface area contributed by atoms with Gasteiger partial charge in [-0.15, -0.1) is 11.8 Å². The summed E-state index contributed by atoms with van der Waals surface area (Å²) in [7, 11) is 0. The van der Waals surface area contributed by atoms with E-state index in [1.165, 1.54) is 0 Å². The van der Waals surface area contributed by atoms with Gasteiger partial charge in [0.2, 0.25) is 0 Å². The van der Waals surface area contributed by atoms with Crippen molar-refractivity contribution in [2.75, 3.05) is 0 Å². The van der Waals surface area contributed by atoms with Crippen molar-refractivity contribution in [2.45, 2.75) is 6.42 Å². The Labute approximate surface area is 102 Å². The molecule has 0 spiro atoms. The minimum Gasteiger partial charge on any atom is -0.397 e. The molecule has 0 radical (unpaired) electrons. The molecule has 0 amide bonds. The van der Waals surface area contributed by atoms with Crippen molar-refractivity contribution >= 4 is 34.8 Å². The van der Waals surface area contributed by atoms with Crippen LogP contribution in [0.5, 0.6) is 0 Å². The fraction of sp³-hybridized carbons (Fsp3) is 0.100. The number of nitriles is 1. The number of thioether (sulfide) groups is 1. The lowest BCUT2D eigenvalue weighted by Crippen LogP contribution is -2.28. The molecule has 2 aliphatic rings. The van der Waals surface area contributed by atoms with Gasteiger partial charge in [0, 0.05) is 4.91 Å². The maximum absolute atomic E-state index is 8.95. The zero-order chi connectivity index (χ0) is 11.7. The highest BCUT2D eigenvalue weighted by Crippen LogP contribution is 2.34. The lowest BCUT2D eigenvalue weighted by atomic mass is 10.0. The van der Waals surface area contributed by atoms with Crippen LogP contribution in [0.2, 0.25) is 0 Å². The number of dihydropyridines is 1. The Balaban J connectivity index is 2.58. The number of aliphatic imine (C=N–C) groups is 1. The molecule has 4 N–H and O–H groups in total. The molecule has 16 heavy (non-hydrogen) atoms. The maximum atomic E-state index is 8.95. The molecule has 6 heteroatoms. The van der Waals surface area contributed by atoms with Gasteiger partial charge in [-0.25, -0.2) is 4.99 Å². The molecule has 4 nitrogen and oxygen atoms in total. The van der Waals surface area contributed by atoms with E-state index in [-0.39, 0.29) is 10.6 Å². The third-order valence-electron chi connectivity index (χ3n) is 2.23. The quantitative estimate of drug-likeness (QED) is 0.631. The number of hydrogen-bond acceptors (Lipinski definition) is 5. The molecule has 0 aromatic rings. The molecular formula is C10H8N4S2. The Kier molecular flexibility index (Phi) is 2.81. The number of thiocarbonyl (C=S) groups is 1. The number of nitrogens with zero attached hydrogens (tertiary/aromatic N) is 2. The van der Waals surface area contributed by atoms with Crippen LogP contribution in [0.15, 0.2) is 38.2 Å². The summed E-state index contributed by atoms with van der Waals surface area (Å²) in [6.07, 6.45) is 2.77. The Morgan fingerprint density at radius 1 is 1.50 bits per heavy atom. The second kappa shape index (κ2) is 4.12. The fourth-order valence-corrected chi connectivity index (χ4v) is 2.63.